The summed E-state index contributed by atoms with van der Waals surface area (Å²) in [6, 6.07) is 9.09. The van der Waals surface area contributed by atoms with E-state index in [-0.39, 0.29) is 12.4 Å². The zero-order valence-electron chi connectivity index (χ0n) is 11.9. The van der Waals surface area contributed by atoms with Crippen molar-refractivity contribution in [3.05, 3.63) is 29.8 Å². The predicted molar refractivity (Wildman–Crippen MR) is 82.2 cm³/mol. The Hall–Kier alpha value is -0.770. The van der Waals surface area contributed by atoms with Crippen molar-refractivity contribution in [2.24, 2.45) is 0 Å². The number of halogens is 1. The molecule has 108 valence electrons. The number of benzene rings is 1. The van der Waals surface area contributed by atoms with Crippen LogP contribution in [0.4, 0.5) is 0 Å². The summed E-state index contributed by atoms with van der Waals surface area (Å²) in [4.78, 5) is 2.59. The molecule has 1 aromatic carbocycles. The third kappa shape index (κ3) is 4.68. The molecule has 1 fully saturated rings. The standard InChI is InChI=1S/C15H24N2O.ClH/c1-3-5-14-11-16-8-9-17(14)12-13-6-4-7-15(10-13)18-2;/h4,6-7,10,14,16H,3,5,8-9,11-12H2,1-2H3;1H. The normalized spacial score (nSPS) is 19.8. The molecule has 0 amide bonds. The molecule has 1 aromatic rings. The molecule has 1 aliphatic heterocycles. The molecule has 0 bridgehead atoms. The van der Waals surface area contributed by atoms with Crippen LogP contribution in [0.2, 0.25) is 0 Å². The van der Waals surface area contributed by atoms with Gasteiger partial charge in [-0.15, -0.1) is 12.4 Å². The monoisotopic (exact) mass is 284 g/mol. The molecular weight excluding hydrogens is 260 g/mol. The summed E-state index contributed by atoms with van der Waals surface area (Å²) >= 11 is 0. The molecule has 0 saturated carbocycles. The van der Waals surface area contributed by atoms with Gasteiger partial charge in [-0.1, -0.05) is 25.5 Å². The van der Waals surface area contributed by atoms with Gasteiger partial charge in [0.2, 0.25) is 0 Å². The van der Waals surface area contributed by atoms with Crippen molar-refractivity contribution in [3.8, 4) is 5.75 Å². The van der Waals surface area contributed by atoms with E-state index in [2.05, 4.69) is 35.3 Å². The summed E-state index contributed by atoms with van der Waals surface area (Å²) in [6.45, 7) is 6.66. The second kappa shape index (κ2) is 8.41. The number of hydrogen-bond donors (Lipinski definition) is 1. The maximum Gasteiger partial charge on any atom is 0.119 e. The van der Waals surface area contributed by atoms with Crippen LogP contribution >= 0.6 is 12.4 Å². The Kier molecular flexibility index (Phi) is 7.21. The van der Waals surface area contributed by atoms with E-state index in [9.17, 15) is 0 Å². The van der Waals surface area contributed by atoms with E-state index < -0.39 is 0 Å². The van der Waals surface area contributed by atoms with Crippen LogP contribution in [0.25, 0.3) is 0 Å². The van der Waals surface area contributed by atoms with Crippen LogP contribution in [0.15, 0.2) is 24.3 Å². The van der Waals surface area contributed by atoms with Gasteiger partial charge in [-0.25, -0.2) is 0 Å². The number of methoxy groups -OCH3 is 1. The number of hydrogen-bond acceptors (Lipinski definition) is 3. The third-order valence-corrected chi connectivity index (χ3v) is 3.61. The molecule has 1 heterocycles. The summed E-state index contributed by atoms with van der Waals surface area (Å²) in [5.74, 6) is 0.953. The topological polar surface area (TPSA) is 24.5 Å². The van der Waals surface area contributed by atoms with E-state index >= 15 is 0 Å². The van der Waals surface area contributed by atoms with Gasteiger partial charge in [0.25, 0.3) is 0 Å². The van der Waals surface area contributed by atoms with E-state index in [1.54, 1.807) is 7.11 Å². The maximum atomic E-state index is 5.29. The predicted octanol–water partition coefficient (Wildman–Crippen LogP) is 2.69. The Morgan fingerprint density at radius 3 is 3.00 bits per heavy atom. The van der Waals surface area contributed by atoms with Crippen LogP contribution in [0.5, 0.6) is 5.75 Å². The van der Waals surface area contributed by atoms with Crippen molar-refractivity contribution < 1.29 is 4.74 Å². The highest BCUT2D eigenvalue weighted by molar-refractivity contribution is 5.85. The summed E-state index contributed by atoms with van der Waals surface area (Å²) in [7, 11) is 1.73. The summed E-state index contributed by atoms with van der Waals surface area (Å²) in [5.41, 5.74) is 1.34. The zero-order chi connectivity index (χ0) is 12.8. The lowest BCUT2D eigenvalue weighted by Gasteiger charge is -2.36. The molecule has 3 nitrogen and oxygen atoms in total. The lowest BCUT2D eigenvalue weighted by molar-refractivity contribution is 0.144. The van der Waals surface area contributed by atoms with E-state index in [1.807, 2.05) is 6.07 Å². The first-order chi connectivity index (χ1) is 8.83. The van der Waals surface area contributed by atoms with Crippen LogP contribution in [0, 0.1) is 0 Å². The lowest BCUT2D eigenvalue weighted by Crippen LogP contribution is -2.50. The first-order valence-electron chi connectivity index (χ1n) is 6.91. The highest BCUT2D eigenvalue weighted by Crippen LogP contribution is 2.17. The molecule has 1 atom stereocenters. The van der Waals surface area contributed by atoms with Crippen molar-refractivity contribution in [2.45, 2.75) is 32.4 Å². The van der Waals surface area contributed by atoms with Gasteiger partial charge in [-0.3, -0.25) is 4.90 Å². The van der Waals surface area contributed by atoms with E-state index in [4.69, 9.17) is 4.74 Å². The summed E-state index contributed by atoms with van der Waals surface area (Å²) in [5, 5.41) is 3.49. The first-order valence-corrected chi connectivity index (χ1v) is 6.91. The molecule has 1 saturated heterocycles. The quantitative estimate of drug-likeness (QED) is 0.900. The molecule has 2 rings (SSSR count). The van der Waals surface area contributed by atoms with Crippen LogP contribution in [0.1, 0.15) is 25.3 Å². The average molecular weight is 285 g/mol. The molecule has 0 radical (unpaired) electrons. The third-order valence-electron chi connectivity index (χ3n) is 3.61. The van der Waals surface area contributed by atoms with E-state index in [1.165, 1.54) is 18.4 Å². The number of ether oxygens (including phenoxy) is 1. The van der Waals surface area contributed by atoms with Gasteiger partial charge in [0.05, 0.1) is 7.11 Å². The van der Waals surface area contributed by atoms with Gasteiger partial charge in [0.1, 0.15) is 5.75 Å². The van der Waals surface area contributed by atoms with Crippen LogP contribution in [-0.2, 0) is 6.54 Å². The minimum Gasteiger partial charge on any atom is -0.497 e. The average Bonchev–Trinajstić information content (AvgIpc) is 2.41. The molecule has 1 N–H and O–H groups in total. The van der Waals surface area contributed by atoms with E-state index in [0.717, 1.165) is 31.9 Å². The molecular formula is C15H25ClN2O. The fourth-order valence-electron chi connectivity index (χ4n) is 2.63. The van der Waals surface area contributed by atoms with Crippen LogP contribution in [-0.4, -0.2) is 37.7 Å². The van der Waals surface area contributed by atoms with Crippen molar-refractivity contribution in [2.75, 3.05) is 26.7 Å². The Balaban J connectivity index is 0.00000180. The zero-order valence-corrected chi connectivity index (χ0v) is 12.7. The fourth-order valence-corrected chi connectivity index (χ4v) is 2.63. The van der Waals surface area contributed by atoms with Gasteiger partial charge < -0.3 is 10.1 Å². The summed E-state index contributed by atoms with van der Waals surface area (Å²) < 4.78 is 5.29. The SMILES string of the molecule is CCCC1CNCCN1Cc1cccc(OC)c1.Cl. The number of nitrogens with one attached hydrogen (secondary N) is 1. The Morgan fingerprint density at radius 1 is 1.42 bits per heavy atom. The number of nitrogens with zero attached hydrogens (tertiary/aromatic N) is 1. The molecule has 19 heavy (non-hydrogen) atoms. The molecule has 1 unspecified atom stereocenters. The summed E-state index contributed by atoms with van der Waals surface area (Å²) in [6.07, 6.45) is 2.53. The minimum absolute atomic E-state index is 0. The molecule has 4 heteroatoms. The first kappa shape index (κ1) is 16.3. The molecule has 1 aliphatic rings. The maximum absolute atomic E-state index is 5.29. The number of rotatable bonds is 5. The van der Waals surface area contributed by atoms with Crippen LogP contribution < -0.4 is 10.1 Å². The van der Waals surface area contributed by atoms with Gasteiger partial charge in [0, 0.05) is 32.2 Å². The number of piperazine rings is 1. The molecule has 0 aromatic heterocycles. The van der Waals surface area contributed by atoms with Crippen molar-refractivity contribution in [3.63, 3.8) is 0 Å². The smallest absolute Gasteiger partial charge is 0.119 e. The van der Waals surface area contributed by atoms with Crippen molar-refractivity contribution in [1.29, 1.82) is 0 Å². The Labute approximate surface area is 122 Å². The molecule has 0 spiro atoms. The Morgan fingerprint density at radius 2 is 2.26 bits per heavy atom. The second-order valence-electron chi connectivity index (χ2n) is 4.97. The van der Waals surface area contributed by atoms with Crippen LogP contribution in [0.3, 0.4) is 0 Å². The van der Waals surface area contributed by atoms with Gasteiger partial charge >= 0.3 is 0 Å². The van der Waals surface area contributed by atoms with Gasteiger partial charge in [0.15, 0.2) is 0 Å². The fraction of sp³-hybridized carbons (Fsp3) is 0.600. The molecule has 0 aliphatic carbocycles. The van der Waals surface area contributed by atoms with Gasteiger partial charge in [-0.05, 0) is 24.1 Å². The lowest BCUT2D eigenvalue weighted by atomic mass is 10.1. The van der Waals surface area contributed by atoms with Crippen molar-refractivity contribution in [1.82, 2.24) is 10.2 Å². The Bertz CT molecular complexity index is 371. The van der Waals surface area contributed by atoms with E-state index in [0.29, 0.717) is 6.04 Å². The highest BCUT2D eigenvalue weighted by atomic mass is 35.5. The van der Waals surface area contributed by atoms with Crippen molar-refractivity contribution >= 4 is 12.4 Å². The largest absolute Gasteiger partial charge is 0.497 e. The minimum atomic E-state index is 0. The highest BCUT2D eigenvalue weighted by Gasteiger charge is 2.21. The second-order valence-corrected chi connectivity index (χ2v) is 4.97. The van der Waals surface area contributed by atoms with Gasteiger partial charge in [-0.2, -0.15) is 0 Å².